The van der Waals surface area contributed by atoms with E-state index in [1.807, 2.05) is 25.2 Å². The summed E-state index contributed by atoms with van der Waals surface area (Å²) in [4.78, 5) is 15.9. The van der Waals surface area contributed by atoms with E-state index < -0.39 is 0 Å². The second kappa shape index (κ2) is 7.74. The number of anilines is 1. The molecule has 0 aliphatic carbocycles. The molecule has 6 nitrogen and oxygen atoms in total. The molecule has 6 heteroatoms. The van der Waals surface area contributed by atoms with Crippen molar-refractivity contribution in [2.45, 2.75) is 6.42 Å². The highest BCUT2D eigenvalue weighted by Gasteiger charge is 2.09. The van der Waals surface area contributed by atoms with Crippen molar-refractivity contribution in [1.29, 1.82) is 0 Å². The van der Waals surface area contributed by atoms with Gasteiger partial charge in [-0.2, -0.15) is 0 Å². The topological polar surface area (TPSA) is 82.2 Å². The quantitative estimate of drug-likeness (QED) is 0.669. The fraction of sp³-hybridized carbons (Fsp3) is 0.200. The number of nitrogens with one attached hydrogen (secondary N) is 1. The lowest BCUT2D eigenvalue weighted by Gasteiger charge is -2.05. The average Bonchev–Trinajstić information content (AvgIpc) is 2.97. The van der Waals surface area contributed by atoms with E-state index in [1.54, 1.807) is 25.4 Å². The molecular formula is C20H22N4O2. The number of methoxy groups -OCH3 is 1. The van der Waals surface area contributed by atoms with Gasteiger partial charge in [0.2, 0.25) is 5.91 Å². The number of pyridine rings is 1. The Bertz CT molecular complexity index is 942. The monoisotopic (exact) mass is 350 g/mol. The minimum Gasteiger partial charge on any atom is -0.496 e. The van der Waals surface area contributed by atoms with Crippen LogP contribution in [0.5, 0.6) is 5.75 Å². The molecule has 0 saturated carbocycles. The van der Waals surface area contributed by atoms with Crippen LogP contribution in [0.1, 0.15) is 11.3 Å². The molecule has 3 N–H and O–H groups in total. The van der Waals surface area contributed by atoms with Gasteiger partial charge in [-0.05, 0) is 42.0 Å². The summed E-state index contributed by atoms with van der Waals surface area (Å²) in [7, 11) is 3.69. The number of hydrogen-bond donors (Lipinski definition) is 2. The van der Waals surface area contributed by atoms with Gasteiger partial charge in [0.25, 0.3) is 0 Å². The number of aromatic nitrogens is 2. The highest BCUT2D eigenvalue weighted by molar-refractivity contribution is 5.91. The minimum absolute atomic E-state index is 0.141. The van der Waals surface area contributed by atoms with Crippen LogP contribution in [-0.2, 0) is 18.3 Å². The largest absolute Gasteiger partial charge is 0.496 e. The average molecular weight is 350 g/mol. The van der Waals surface area contributed by atoms with E-state index in [1.165, 1.54) is 6.08 Å². The Morgan fingerprint density at radius 3 is 2.92 bits per heavy atom. The maximum Gasteiger partial charge on any atom is 0.244 e. The molecule has 0 radical (unpaired) electrons. The first-order valence-electron chi connectivity index (χ1n) is 8.37. The molecule has 1 aromatic carbocycles. The Hall–Kier alpha value is -3.28. The van der Waals surface area contributed by atoms with Crippen LogP contribution in [0.4, 0.5) is 5.82 Å². The van der Waals surface area contributed by atoms with Crippen molar-refractivity contribution in [2.75, 3.05) is 19.4 Å². The van der Waals surface area contributed by atoms with Crippen molar-refractivity contribution in [2.24, 2.45) is 7.05 Å². The molecule has 0 aliphatic heterocycles. The maximum atomic E-state index is 12.0. The molecule has 1 amide bonds. The molecule has 0 atom stereocenters. The fourth-order valence-electron chi connectivity index (χ4n) is 2.87. The lowest BCUT2D eigenvalue weighted by Crippen LogP contribution is -2.24. The summed E-state index contributed by atoms with van der Waals surface area (Å²) in [5, 5.41) is 3.98. The van der Waals surface area contributed by atoms with Gasteiger partial charge in [-0.25, -0.2) is 4.98 Å². The zero-order valence-corrected chi connectivity index (χ0v) is 14.9. The van der Waals surface area contributed by atoms with Gasteiger partial charge in [0.05, 0.1) is 12.6 Å². The normalized spacial score (nSPS) is 11.2. The molecule has 0 bridgehead atoms. The zero-order valence-electron chi connectivity index (χ0n) is 14.9. The first-order chi connectivity index (χ1) is 12.6. The first-order valence-corrected chi connectivity index (χ1v) is 8.37. The number of nitrogens with zero attached hydrogens (tertiary/aromatic N) is 2. The molecule has 0 aliphatic rings. The van der Waals surface area contributed by atoms with Crippen molar-refractivity contribution in [3.05, 3.63) is 59.9 Å². The van der Waals surface area contributed by atoms with Gasteiger partial charge in [0.15, 0.2) is 0 Å². The summed E-state index contributed by atoms with van der Waals surface area (Å²) in [5.74, 6) is 1.17. The number of ether oxygens (including phenoxy) is 1. The summed E-state index contributed by atoms with van der Waals surface area (Å²) in [6.07, 6.45) is 5.57. The predicted molar refractivity (Wildman–Crippen MR) is 104 cm³/mol. The van der Waals surface area contributed by atoms with E-state index in [-0.39, 0.29) is 5.91 Å². The van der Waals surface area contributed by atoms with Crippen LogP contribution in [0.15, 0.2) is 48.7 Å². The van der Waals surface area contributed by atoms with Crippen LogP contribution >= 0.6 is 0 Å². The molecular weight excluding hydrogens is 328 g/mol. The van der Waals surface area contributed by atoms with Crippen LogP contribution in [0.25, 0.3) is 17.0 Å². The number of carbonyl (C=O) groups is 1. The summed E-state index contributed by atoms with van der Waals surface area (Å²) in [6, 6.07) is 11.6. The molecule has 2 heterocycles. The third-order valence-corrected chi connectivity index (χ3v) is 4.28. The van der Waals surface area contributed by atoms with Gasteiger partial charge in [-0.1, -0.05) is 6.07 Å². The van der Waals surface area contributed by atoms with Gasteiger partial charge < -0.3 is 20.4 Å². The number of amides is 1. The van der Waals surface area contributed by atoms with E-state index in [9.17, 15) is 4.79 Å². The summed E-state index contributed by atoms with van der Waals surface area (Å²) in [5.41, 5.74) is 8.61. The van der Waals surface area contributed by atoms with E-state index in [0.717, 1.165) is 34.3 Å². The van der Waals surface area contributed by atoms with Gasteiger partial charge in [0.1, 0.15) is 11.6 Å². The lowest BCUT2D eigenvalue weighted by atomic mass is 10.2. The molecule has 26 heavy (non-hydrogen) atoms. The number of nitrogens with two attached hydrogens (primary N) is 1. The van der Waals surface area contributed by atoms with Gasteiger partial charge in [-0.15, -0.1) is 0 Å². The van der Waals surface area contributed by atoms with Crippen LogP contribution in [0.2, 0.25) is 0 Å². The second-order valence-corrected chi connectivity index (χ2v) is 5.98. The number of rotatable bonds is 6. The summed E-state index contributed by atoms with van der Waals surface area (Å²) >= 11 is 0. The molecule has 0 fully saturated rings. The Morgan fingerprint density at radius 2 is 2.19 bits per heavy atom. The van der Waals surface area contributed by atoms with Crippen molar-refractivity contribution in [3.8, 4) is 5.75 Å². The number of fused-ring (bicyclic) bond motifs is 1. The van der Waals surface area contributed by atoms with Gasteiger partial charge >= 0.3 is 0 Å². The van der Waals surface area contributed by atoms with E-state index in [0.29, 0.717) is 12.4 Å². The lowest BCUT2D eigenvalue weighted by molar-refractivity contribution is -0.116. The zero-order chi connectivity index (χ0) is 18.5. The Kier molecular flexibility index (Phi) is 5.22. The van der Waals surface area contributed by atoms with E-state index in [2.05, 4.69) is 27.0 Å². The molecule has 0 saturated heterocycles. The van der Waals surface area contributed by atoms with Crippen LogP contribution in [-0.4, -0.2) is 29.1 Å². The van der Waals surface area contributed by atoms with Gasteiger partial charge in [0, 0.05) is 43.4 Å². The number of hydrogen-bond acceptors (Lipinski definition) is 4. The summed E-state index contributed by atoms with van der Waals surface area (Å²) in [6.45, 7) is 0.551. The number of aryl methyl sites for hydroxylation is 1. The number of benzene rings is 1. The molecule has 134 valence electrons. The van der Waals surface area contributed by atoms with Crippen molar-refractivity contribution in [1.82, 2.24) is 14.9 Å². The highest BCUT2D eigenvalue weighted by atomic mass is 16.5. The minimum atomic E-state index is -0.141. The van der Waals surface area contributed by atoms with E-state index in [4.69, 9.17) is 10.5 Å². The Balaban J connectivity index is 1.59. The fourth-order valence-corrected chi connectivity index (χ4v) is 2.87. The number of nitrogen functional groups attached to an aromatic ring is 1. The first kappa shape index (κ1) is 17.5. The smallest absolute Gasteiger partial charge is 0.244 e. The Labute approximate surface area is 152 Å². The predicted octanol–water partition coefficient (Wildman–Crippen LogP) is 2.54. The van der Waals surface area contributed by atoms with Gasteiger partial charge in [-0.3, -0.25) is 4.79 Å². The molecule has 3 aromatic rings. The molecule has 0 unspecified atom stereocenters. The Morgan fingerprint density at radius 1 is 1.35 bits per heavy atom. The van der Waals surface area contributed by atoms with Crippen molar-refractivity contribution >= 4 is 28.7 Å². The van der Waals surface area contributed by atoms with Crippen molar-refractivity contribution in [3.63, 3.8) is 0 Å². The third-order valence-electron chi connectivity index (χ3n) is 4.28. The number of carbonyl (C=O) groups excluding carboxylic acids is 1. The van der Waals surface area contributed by atoms with Crippen molar-refractivity contribution < 1.29 is 9.53 Å². The molecule has 0 spiro atoms. The standard InChI is InChI=1S/C20H22N4O2/c1-24-15(12-16-17(24)4-3-5-18(16)26-2)10-11-22-20(25)9-7-14-6-8-19(21)23-13-14/h3-9,12-13H,10-11H2,1-2H3,(H2,21,23)(H,22,25)/b9-7+. The van der Waals surface area contributed by atoms with E-state index >= 15 is 0 Å². The molecule has 3 rings (SSSR count). The van der Waals surface area contributed by atoms with Crippen LogP contribution in [0, 0.1) is 0 Å². The second-order valence-electron chi connectivity index (χ2n) is 5.98. The summed E-state index contributed by atoms with van der Waals surface area (Å²) < 4.78 is 7.54. The maximum absolute atomic E-state index is 12.0. The third kappa shape index (κ3) is 3.85. The van der Waals surface area contributed by atoms with Crippen LogP contribution < -0.4 is 15.8 Å². The molecule has 2 aromatic heterocycles. The SMILES string of the molecule is COc1cccc2c1cc(CCNC(=O)/C=C/c1ccc(N)nc1)n2C. The highest BCUT2D eigenvalue weighted by Crippen LogP contribution is 2.28. The van der Waals surface area contributed by atoms with Crippen LogP contribution in [0.3, 0.4) is 0 Å².